The Labute approximate surface area is 132 Å². The van der Waals surface area contributed by atoms with Crippen molar-refractivity contribution in [3.05, 3.63) is 29.8 Å². The molecule has 0 radical (unpaired) electrons. The number of alkyl halides is 3. The summed E-state index contributed by atoms with van der Waals surface area (Å²) in [5, 5.41) is 0. The van der Waals surface area contributed by atoms with E-state index in [0.717, 1.165) is 44.5 Å². The van der Waals surface area contributed by atoms with Gasteiger partial charge in [-0.15, -0.1) is 0 Å². The maximum atomic E-state index is 12.7. The second-order valence-corrected chi connectivity index (χ2v) is 6.00. The molecule has 2 aliphatic rings. The van der Waals surface area contributed by atoms with Gasteiger partial charge in [0.25, 0.3) is 0 Å². The second kappa shape index (κ2) is 6.29. The Kier molecular flexibility index (Phi) is 4.37. The highest BCUT2D eigenvalue weighted by atomic mass is 19.4. The third kappa shape index (κ3) is 3.71. The maximum absolute atomic E-state index is 12.7. The van der Waals surface area contributed by atoms with E-state index in [1.807, 2.05) is 4.90 Å². The van der Waals surface area contributed by atoms with Gasteiger partial charge in [-0.1, -0.05) is 6.07 Å². The topological polar surface area (TPSA) is 32.8 Å². The monoisotopic (exact) mass is 328 g/mol. The minimum Gasteiger partial charge on any atom is -0.487 e. The maximum Gasteiger partial charge on any atom is 0.416 e. The van der Waals surface area contributed by atoms with E-state index in [4.69, 9.17) is 4.74 Å². The molecule has 2 saturated heterocycles. The summed E-state index contributed by atoms with van der Waals surface area (Å²) in [6, 6.07) is 4.85. The van der Waals surface area contributed by atoms with E-state index in [1.165, 1.54) is 12.1 Å². The molecule has 23 heavy (non-hydrogen) atoms. The van der Waals surface area contributed by atoms with E-state index < -0.39 is 11.7 Å². The zero-order valence-electron chi connectivity index (χ0n) is 12.7. The molecule has 1 aromatic rings. The van der Waals surface area contributed by atoms with Crippen LogP contribution in [0.5, 0.6) is 5.75 Å². The number of nitrogens with zero attached hydrogens (tertiary/aromatic N) is 2. The molecule has 0 unspecified atom stereocenters. The van der Waals surface area contributed by atoms with Crippen LogP contribution in [0.1, 0.15) is 24.8 Å². The summed E-state index contributed by atoms with van der Waals surface area (Å²) < 4.78 is 43.5. The van der Waals surface area contributed by atoms with Crippen LogP contribution in [0.15, 0.2) is 24.3 Å². The van der Waals surface area contributed by atoms with Crippen molar-refractivity contribution >= 4 is 6.03 Å². The quantitative estimate of drug-likeness (QED) is 0.834. The fourth-order valence-corrected chi connectivity index (χ4v) is 2.89. The van der Waals surface area contributed by atoms with Crippen LogP contribution in [0.3, 0.4) is 0 Å². The van der Waals surface area contributed by atoms with Crippen molar-refractivity contribution in [3.8, 4) is 5.75 Å². The Morgan fingerprint density at radius 3 is 2.43 bits per heavy atom. The van der Waals surface area contributed by atoms with E-state index in [-0.39, 0.29) is 17.9 Å². The summed E-state index contributed by atoms with van der Waals surface area (Å²) in [5.41, 5.74) is -0.726. The number of amides is 2. The van der Waals surface area contributed by atoms with E-state index in [2.05, 4.69) is 0 Å². The van der Waals surface area contributed by atoms with Crippen molar-refractivity contribution in [2.24, 2.45) is 0 Å². The smallest absolute Gasteiger partial charge is 0.416 e. The first-order valence-corrected chi connectivity index (χ1v) is 7.81. The summed E-state index contributed by atoms with van der Waals surface area (Å²) in [7, 11) is 0. The molecule has 126 valence electrons. The Balaban J connectivity index is 1.51. The van der Waals surface area contributed by atoms with Gasteiger partial charge in [-0.05, 0) is 37.5 Å². The third-order valence-corrected chi connectivity index (χ3v) is 4.21. The van der Waals surface area contributed by atoms with Crippen LogP contribution < -0.4 is 4.74 Å². The van der Waals surface area contributed by atoms with Crippen molar-refractivity contribution in [1.82, 2.24) is 9.80 Å². The molecule has 0 spiro atoms. The summed E-state index contributed by atoms with van der Waals surface area (Å²) >= 11 is 0. The van der Waals surface area contributed by atoms with Gasteiger partial charge < -0.3 is 14.5 Å². The molecular formula is C16H19F3N2O2. The van der Waals surface area contributed by atoms with E-state index >= 15 is 0 Å². The van der Waals surface area contributed by atoms with Crippen LogP contribution in [0.4, 0.5) is 18.0 Å². The van der Waals surface area contributed by atoms with Gasteiger partial charge >= 0.3 is 12.2 Å². The van der Waals surface area contributed by atoms with Crippen molar-refractivity contribution in [1.29, 1.82) is 0 Å². The Morgan fingerprint density at radius 1 is 1.09 bits per heavy atom. The van der Waals surface area contributed by atoms with Crippen molar-refractivity contribution in [3.63, 3.8) is 0 Å². The average Bonchev–Trinajstić information content (AvgIpc) is 2.50. The number of carbonyl (C=O) groups excluding carboxylic acids is 1. The summed E-state index contributed by atoms with van der Waals surface area (Å²) in [4.78, 5) is 15.7. The fraction of sp³-hybridized carbons (Fsp3) is 0.562. The predicted molar refractivity (Wildman–Crippen MR) is 78.3 cm³/mol. The highest BCUT2D eigenvalue weighted by Crippen LogP contribution is 2.32. The summed E-state index contributed by atoms with van der Waals surface area (Å²) in [5.74, 6) is 0.190. The average molecular weight is 328 g/mol. The number of rotatable bonds is 2. The lowest BCUT2D eigenvalue weighted by molar-refractivity contribution is -0.137. The largest absolute Gasteiger partial charge is 0.487 e. The SMILES string of the molecule is O=C(N1CCCCC1)N1CC(Oc2cccc(C(F)(F)F)c2)C1. The van der Waals surface area contributed by atoms with Crippen LogP contribution in [0, 0.1) is 0 Å². The first-order chi connectivity index (χ1) is 10.9. The molecule has 1 aromatic carbocycles. The number of urea groups is 1. The first kappa shape index (κ1) is 16.0. The van der Waals surface area contributed by atoms with Gasteiger partial charge in [0, 0.05) is 13.1 Å². The zero-order chi connectivity index (χ0) is 16.4. The van der Waals surface area contributed by atoms with Crippen molar-refractivity contribution in [2.75, 3.05) is 26.2 Å². The normalized spacial score (nSPS) is 19.4. The molecule has 0 aromatic heterocycles. The minimum atomic E-state index is -4.38. The molecule has 0 saturated carbocycles. The Bertz CT molecular complexity index is 565. The molecule has 0 aliphatic carbocycles. The highest BCUT2D eigenvalue weighted by Gasteiger charge is 2.36. The minimum absolute atomic E-state index is 0.00796. The number of hydrogen-bond donors (Lipinski definition) is 0. The molecule has 2 amide bonds. The van der Waals surface area contributed by atoms with Crippen LogP contribution in [0.25, 0.3) is 0 Å². The molecule has 0 bridgehead atoms. The van der Waals surface area contributed by atoms with Crippen LogP contribution >= 0.6 is 0 Å². The second-order valence-electron chi connectivity index (χ2n) is 6.00. The van der Waals surface area contributed by atoms with Gasteiger partial charge in [0.15, 0.2) is 0 Å². The molecule has 2 heterocycles. The molecular weight excluding hydrogens is 309 g/mol. The van der Waals surface area contributed by atoms with Gasteiger partial charge in [-0.25, -0.2) is 4.79 Å². The molecule has 4 nitrogen and oxygen atoms in total. The van der Waals surface area contributed by atoms with E-state index in [9.17, 15) is 18.0 Å². The van der Waals surface area contributed by atoms with Gasteiger partial charge in [0.05, 0.1) is 18.7 Å². The number of likely N-dealkylation sites (tertiary alicyclic amines) is 2. The summed E-state index contributed by atoms with van der Waals surface area (Å²) in [6.07, 6.45) is -1.40. The lowest BCUT2D eigenvalue weighted by Crippen LogP contribution is -2.60. The predicted octanol–water partition coefficient (Wildman–Crippen LogP) is 3.37. The number of hydrogen-bond acceptors (Lipinski definition) is 2. The molecule has 0 atom stereocenters. The first-order valence-electron chi connectivity index (χ1n) is 7.81. The third-order valence-electron chi connectivity index (χ3n) is 4.21. The fourth-order valence-electron chi connectivity index (χ4n) is 2.89. The number of benzene rings is 1. The van der Waals surface area contributed by atoms with E-state index in [0.29, 0.717) is 13.1 Å². The lowest BCUT2D eigenvalue weighted by Gasteiger charge is -2.42. The van der Waals surface area contributed by atoms with Gasteiger partial charge in [0.1, 0.15) is 11.9 Å². The Morgan fingerprint density at radius 2 is 1.78 bits per heavy atom. The number of piperidine rings is 1. The molecule has 2 fully saturated rings. The molecule has 7 heteroatoms. The van der Waals surface area contributed by atoms with E-state index in [1.54, 1.807) is 4.90 Å². The van der Waals surface area contributed by atoms with Crippen molar-refractivity contribution < 1.29 is 22.7 Å². The highest BCUT2D eigenvalue weighted by molar-refractivity contribution is 5.75. The van der Waals surface area contributed by atoms with Gasteiger partial charge in [-0.3, -0.25) is 0 Å². The molecule has 3 rings (SSSR count). The molecule has 2 aliphatic heterocycles. The summed E-state index contributed by atoms with van der Waals surface area (Å²) in [6.45, 7) is 2.42. The zero-order valence-corrected chi connectivity index (χ0v) is 12.7. The van der Waals surface area contributed by atoms with Crippen molar-refractivity contribution in [2.45, 2.75) is 31.5 Å². The lowest BCUT2D eigenvalue weighted by atomic mass is 10.1. The van der Waals surface area contributed by atoms with Crippen LogP contribution in [-0.4, -0.2) is 48.1 Å². The van der Waals surface area contributed by atoms with Crippen LogP contribution in [0.2, 0.25) is 0 Å². The number of halogens is 3. The molecule has 0 N–H and O–H groups in total. The number of carbonyl (C=O) groups is 1. The van der Waals surface area contributed by atoms with Gasteiger partial charge in [-0.2, -0.15) is 13.2 Å². The van der Waals surface area contributed by atoms with Crippen LogP contribution in [-0.2, 0) is 6.18 Å². The Hall–Kier alpha value is -1.92. The van der Waals surface area contributed by atoms with Gasteiger partial charge in [0.2, 0.25) is 0 Å². The standard InChI is InChI=1S/C16H19F3N2O2/c17-16(18,19)12-5-4-6-13(9-12)23-14-10-21(11-14)15(22)20-7-2-1-3-8-20/h4-6,9,14H,1-3,7-8,10-11H2. The number of ether oxygens (including phenoxy) is 1.